The zero-order valence-electron chi connectivity index (χ0n) is 15.1. The highest BCUT2D eigenvalue weighted by molar-refractivity contribution is 5.95. The monoisotopic (exact) mass is 346 g/mol. The number of carbonyl (C=O) groups is 1. The highest BCUT2D eigenvalue weighted by atomic mass is 16.5. The van der Waals surface area contributed by atoms with Crippen molar-refractivity contribution in [2.75, 3.05) is 13.2 Å². The molecule has 0 aliphatic rings. The Hall–Kier alpha value is -2.57. The smallest absolute Gasteiger partial charge is 0.251 e. The van der Waals surface area contributed by atoms with E-state index in [-0.39, 0.29) is 11.9 Å². The summed E-state index contributed by atoms with van der Waals surface area (Å²) in [6.45, 7) is 7.76. The van der Waals surface area contributed by atoms with Gasteiger partial charge in [-0.2, -0.15) is 5.10 Å². The quantitative estimate of drug-likeness (QED) is 0.715. The van der Waals surface area contributed by atoms with Gasteiger partial charge in [0.15, 0.2) is 11.5 Å². The molecule has 0 aliphatic heterocycles. The molecule has 1 unspecified atom stereocenters. The van der Waals surface area contributed by atoms with Gasteiger partial charge < -0.3 is 14.8 Å². The Balaban J connectivity index is 2.04. The van der Waals surface area contributed by atoms with Crippen LogP contribution in [0.1, 0.15) is 44.0 Å². The van der Waals surface area contributed by atoms with Crippen LogP contribution in [0.3, 0.4) is 0 Å². The molecule has 0 saturated carbocycles. The molecule has 0 fully saturated rings. The standard InChI is InChI=1S/C18H26N4O3/c1-4-8-24-16-7-6-15(10-17(16)25-9-5-2)18(23)21-14(3)11-22-13-19-12-20-22/h6-7,10,12-14H,4-5,8-9,11H2,1-3H3,(H,21,23). The Labute approximate surface area is 148 Å². The van der Waals surface area contributed by atoms with Crippen molar-refractivity contribution in [1.29, 1.82) is 0 Å². The normalized spacial score (nSPS) is 11.8. The maximum absolute atomic E-state index is 12.5. The maximum atomic E-state index is 12.5. The second-order valence-electron chi connectivity index (χ2n) is 5.85. The summed E-state index contributed by atoms with van der Waals surface area (Å²) in [5.74, 6) is 1.12. The van der Waals surface area contributed by atoms with Crippen molar-refractivity contribution >= 4 is 5.91 Å². The minimum Gasteiger partial charge on any atom is -0.490 e. The average molecular weight is 346 g/mol. The van der Waals surface area contributed by atoms with E-state index in [1.165, 1.54) is 6.33 Å². The first-order valence-corrected chi connectivity index (χ1v) is 8.67. The van der Waals surface area contributed by atoms with Gasteiger partial charge in [0.1, 0.15) is 12.7 Å². The fraction of sp³-hybridized carbons (Fsp3) is 0.500. The molecule has 0 bridgehead atoms. The Bertz CT molecular complexity index is 658. The van der Waals surface area contributed by atoms with Crippen molar-refractivity contribution in [2.45, 2.75) is 46.2 Å². The number of ether oxygens (including phenoxy) is 2. The topological polar surface area (TPSA) is 78.3 Å². The van der Waals surface area contributed by atoms with Crippen LogP contribution in [0.2, 0.25) is 0 Å². The van der Waals surface area contributed by atoms with E-state index >= 15 is 0 Å². The van der Waals surface area contributed by atoms with Crippen LogP contribution in [0.4, 0.5) is 0 Å². The second-order valence-corrected chi connectivity index (χ2v) is 5.85. The van der Waals surface area contributed by atoms with Gasteiger partial charge in [0, 0.05) is 11.6 Å². The Kier molecular flexibility index (Phi) is 7.25. The number of aromatic nitrogens is 3. The molecule has 1 N–H and O–H groups in total. The number of amides is 1. The van der Waals surface area contributed by atoms with Crippen LogP contribution in [0.25, 0.3) is 0 Å². The number of hydrogen-bond acceptors (Lipinski definition) is 5. The van der Waals surface area contributed by atoms with Gasteiger partial charge in [0.25, 0.3) is 5.91 Å². The Morgan fingerprint density at radius 2 is 1.92 bits per heavy atom. The van der Waals surface area contributed by atoms with E-state index in [9.17, 15) is 4.79 Å². The van der Waals surface area contributed by atoms with Crippen molar-refractivity contribution < 1.29 is 14.3 Å². The molecule has 1 aromatic carbocycles. The van der Waals surface area contributed by atoms with Gasteiger partial charge >= 0.3 is 0 Å². The molecule has 1 aromatic heterocycles. The molecule has 1 amide bonds. The first-order chi connectivity index (χ1) is 12.1. The fourth-order valence-corrected chi connectivity index (χ4v) is 2.27. The van der Waals surface area contributed by atoms with E-state index in [1.807, 2.05) is 20.8 Å². The van der Waals surface area contributed by atoms with E-state index in [4.69, 9.17) is 9.47 Å². The minimum atomic E-state index is -0.156. The van der Waals surface area contributed by atoms with E-state index in [0.29, 0.717) is 36.8 Å². The summed E-state index contributed by atoms with van der Waals surface area (Å²) < 4.78 is 13.1. The minimum absolute atomic E-state index is 0.0785. The molecule has 2 aromatic rings. The zero-order chi connectivity index (χ0) is 18.1. The first-order valence-electron chi connectivity index (χ1n) is 8.67. The summed E-state index contributed by atoms with van der Waals surface area (Å²) in [5, 5.41) is 7.00. The number of nitrogens with zero attached hydrogens (tertiary/aromatic N) is 3. The van der Waals surface area contributed by atoms with Crippen LogP contribution in [0, 0.1) is 0 Å². The summed E-state index contributed by atoms with van der Waals surface area (Å²) in [4.78, 5) is 16.4. The predicted octanol–water partition coefficient (Wildman–Crippen LogP) is 2.67. The van der Waals surface area contributed by atoms with Gasteiger partial charge in [0.05, 0.1) is 19.8 Å². The summed E-state index contributed by atoms with van der Waals surface area (Å²) in [7, 11) is 0. The van der Waals surface area contributed by atoms with Crippen molar-refractivity contribution in [3.8, 4) is 11.5 Å². The summed E-state index contributed by atoms with van der Waals surface area (Å²) in [6, 6.07) is 5.20. The maximum Gasteiger partial charge on any atom is 0.251 e. The average Bonchev–Trinajstić information content (AvgIpc) is 3.11. The SMILES string of the molecule is CCCOc1ccc(C(=O)NC(C)Cn2cncn2)cc1OCCC. The van der Waals surface area contributed by atoms with Crippen molar-refractivity contribution in [1.82, 2.24) is 20.1 Å². The lowest BCUT2D eigenvalue weighted by molar-refractivity contribution is 0.0935. The molecular formula is C18H26N4O3. The van der Waals surface area contributed by atoms with E-state index in [0.717, 1.165) is 12.8 Å². The summed E-state index contributed by atoms with van der Waals surface area (Å²) in [5.41, 5.74) is 0.542. The van der Waals surface area contributed by atoms with Crippen molar-refractivity contribution in [3.63, 3.8) is 0 Å². The Morgan fingerprint density at radius 3 is 2.56 bits per heavy atom. The molecule has 1 heterocycles. The first kappa shape index (κ1) is 18.8. The molecule has 0 saturated heterocycles. The predicted molar refractivity (Wildman–Crippen MR) is 95.0 cm³/mol. The van der Waals surface area contributed by atoms with Gasteiger partial charge in [-0.15, -0.1) is 0 Å². The third-order valence-electron chi connectivity index (χ3n) is 3.43. The van der Waals surface area contributed by atoms with Gasteiger partial charge in [0.2, 0.25) is 0 Å². The lowest BCUT2D eigenvalue weighted by Crippen LogP contribution is -2.35. The highest BCUT2D eigenvalue weighted by Crippen LogP contribution is 2.29. The molecule has 2 rings (SSSR count). The van der Waals surface area contributed by atoms with E-state index < -0.39 is 0 Å². The van der Waals surface area contributed by atoms with Gasteiger partial charge in [-0.05, 0) is 38.0 Å². The lowest BCUT2D eigenvalue weighted by atomic mass is 10.1. The second kappa shape index (κ2) is 9.66. The molecule has 0 spiro atoms. The fourth-order valence-electron chi connectivity index (χ4n) is 2.27. The molecule has 7 heteroatoms. The number of nitrogens with one attached hydrogen (secondary N) is 1. The van der Waals surface area contributed by atoms with Crippen LogP contribution < -0.4 is 14.8 Å². The molecule has 25 heavy (non-hydrogen) atoms. The van der Waals surface area contributed by atoms with Crippen LogP contribution in [0.15, 0.2) is 30.9 Å². The van der Waals surface area contributed by atoms with Gasteiger partial charge in [-0.3, -0.25) is 9.48 Å². The van der Waals surface area contributed by atoms with E-state index in [2.05, 4.69) is 15.4 Å². The number of hydrogen-bond donors (Lipinski definition) is 1. The van der Waals surface area contributed by atoms with Crippen molar-refractivity contribution in [2.24, 2.45) is 0 Å². The summed E-state index contributed by atoms with van der Waals surface area (Å²) >= 11 is 0. The van der Waals surface area contributed by atoms with Crippen molar-refractivity contribution in [3.05, 3.63) is 36.4 Å². The highest BCUT2D eigenvalue weighted by Gasteiger charge is 2.14. The molecular weight excluding hydrogens is 320 g/mol. The third-order valence-corrected chi connectivity index (χ3v) is 3.43. The van der Waals surface area contributed by atoms with Crippen LogP contribution in [0.5, 0.6) is 11.5 Å². The van der Waals surface area contributed by atoms with Gasteiger partial charge in [-0.1, -0.05) is 13.8 Å². The number of rotatable bonds is 10. The Morgan fingerprint density at radius 1 is 1.20 bits per heavy atom. The largest absolute Gasteiger partial charge is 0.490 e. The molecule has 1 atom stereocenters. The molecule has 136 valence electrons. The number of carbonyl (C=O) groups excluding carboxylic acids is 1. The van der Waals surface area contributed by atoms with Gasteiger partial charge in [-0.25, -0.2) is 4.98 Å². The number of benzene rings is 1. The van der Waals surface area contributed by atoms with Crippen LogP contribution in [-0.4, -0.2) is 39.9 Å². The third kappa shape index (κ3) is 5.77. The van der Waals surface area contributed by atoms with E-state index in [1.54, 1.807) is 29.2 Å². The zero-order valence-corrected chi connectivity index (χ0v) is 15.1. The van der Waals surface area contributed by atoms with Crippen LogP contribution in [-0.2, 0) is 6.54 Å². The summed E-state index contributed by atoms with van der Waals surface area (Å²) in [6.07, 6.45) is 4.90. The lowest BCUT2D eigenvalue weighted by Gasteiger charge is -2.16. The molecule has 7 nitrogen and oxygen atoms in total. The van der Waals surface area contributed by atoms with Crippen LogP contribution >= 0.6 is 0 Å². The molecule has 0 radical (unpaired) electrons. The molecule has 0 aliphatic carbocycles.